The molecule has 11 heteroatoms. The van der Waals surface area contributed by atoms with Crippen LogP contribution in [0, 0.1) is 12.7 Å². The van der Waals surface area contributed by atoms with Crippen LogP contribution in [0.1, 0.15) is 21.7 Å². The number of H-pyrrole nitrogens is 1. The van der Waals surface area contributed by atoms with E-state index in [0.717, 1.165) is 0 Å². The molecule has 0 spiro atoms. The van der Waals surface area contributed by atoms with Crippen LogP contribution in [0.3, 0.4) is 0 Å². The normalized spacial score (nSPS) is 11.4. The second-order valence-electron chi connectivity index (χ2n) is 5.49. The Bertz CT molecular complexity index is 1050. The van der Waals surface area contributed by atoms with E-state index in [0.29, 0.717) is 18.0 Å². The fourth-order valence-electron chi connectivity index (χ4n) is 2.29. The zero-order valence-electron chi connectivity index (χ0n) is 13.6. The molecule has 140 valence electrons. The fourth-order valence-corrected chi connectivity index (χ4v) is 2.29. The number of carbonyl (C=O) groups excluding carboxylic acids is 1. The minimum Gasteiger partial charge on any atom is -0.327 e. The summed E-state index contributed by atoms with van der Waals surface area (Å²) >= 11 is 0. The van der Waals surface area contributed by atoms with E-state index in [4.69, 9.17) is 0 Å². The molecule has 3 aromatic rings. The van der Waals surface area contributed by atoms with Crippen molar-refractivity contribution >= 4 is 11.6 Å². The maximum atomic E-state index is 13.0. The number of amides is 1. The minimum absolute atomic E-state index is 0.198. The molecule has 2 N–H and O–H groups in total. The summed E-state index contributed by atoms with van der Waals surface area (Å²) in [6.45, 7) is 1.49. The Morgan fingerprint density at radius 2 is 1.89 bits per heavy atom. The predicted molar refractivity (Wildman–Crippen MR) is 86.1 cm³/mol. The average molecular weight is 381 g/mol. The first-order chi connectivity index (χ1) is 12.7. The van der Waals surface area contributed by atoms with E-state index in [1.807, 2.05) is 4.98 Å². The number of hydrogen-bond donors (Lipinski definition) is 2. The van der Waals surface area contributed by atoms with Gasteiger partial charge in [-0.05, 0) is 37.3 Å². The van der Waals surface area contributed by atoms with Gasteiger partial charge < -0.3 is 10.3 Å². The smallest absolute Gasteiger partial charge is 0.327 e. The van der Waals surface area contributed by atoms with Crippen molar-refractivity contribution in [3.63, 3.8) is 0 Å². The summed E-state index contributed by atoms with van der Waals surface area (Å²) in [5.41, 5.74) is -2.12. The first-order valence-electron chi connectivity index (χ1n) is 7.46. The molecule has 2 aromatic heterocycles. The fraction of sp³-hybridized carbons (Fsp3) is 0.125. The summed E-state index contributed by atoms with van der Waals surface area (Å²) in [4.78, 5) is 25.9. The van der Waals surface area contributed by atoms with Crippen molar-refractivity contribution in [1.29, 1.82) is 0 Å². The zero-order valence-corrected chi connectivity index (χ0v) is 13.6. The summed E-state index contributed by atoms with van der Waals surface area (Å²) in [5.74, 6) is -1.37. The lowest BCUT2D eigenvalue weighted by atomic mass is 10.2. The number of anilines is 1. The summed E-state index contributed by atoms with van der Waals surface area (Å²) in [5, 5.41) is 9.55. The molecule has 1 amide bonds. The van der Waals surface area contributed by atoms with Gasteiger partial charge in [0.25, 0.3) is 11.5 Å². The van der Waals surface area contributed by atoms with Crippen LogP contribution < -0.4 is 10.9 Å². The second kappa shape index (κ2) is 6.67. The number of alkyl halides is 3. The molecule has 0 radical (unpaired) electrons. The Balaban J connectivity index is 1.90. The third kappa shape index (κ3) is 3.71. The maximum absolute atomic E-state index is 13.0. The van der Waals surface area contributed by atoms with Crippen molar-refractivity contribution in [2.45, 2.75) is 13.1 Å². The van der Waals surface area contributed by atoms with Crippen LogP contribution in [-0.4, -0.2) is 25.9 Å². The number of hydrogen-bond acceptors (Lipinski definition) is 4. The van der Waals surface area contributed by atoms with E-state index >= 15 is 0 Å². The van der Waals surface area contributed by atoms with Crippen molar-refractivity contribution < 1.29 is 22.4 Å². The summed E-state index contributed by atoms with van der Waals surface area (Å²) in [7, 11) is 0. The number of aromatic nitrogens is 4. The highest BCUT2D eigenvalue weighted by molar-refractivity contribution is 6.03. The monoisotopic (exact) mass is 381 g/mol. The number of halogens is 4. The Hall–Kier alpha value is -3.50. The van der Waals surface area contributed by atoms with Crippen LogP contribution in [0.5, 0.6) is 0 Å². The van der Waals surface area contributed by atoms with Crippen LogP contribution >= 0.6 is 0 Å². The Labute approximate surface area is 148 Å². The number of aromatic amines is 1. The zero-order chi connectivity index (χ0) is 19.8. The first kappa shape index (κ1) is 18.3. The van der Waals surface area contributed by atoms with Gasteiger partial charge in [-0.2, -0.15) is 13.2 Å². The standard InChI is InChI=1S/C16H11F4N5O2/c1-8-13(23-24-25(8)11-4-2-10(17)3-5-11)15(27)22-12-6-9(16(18,19)20)7-21-14(12)26/h2-7H,1H3,(H,21,26)(H,22,27). The van der Waals surface area contributed by atoms with Gasteiger partial charge in [-0.3, -0.25) is 9.59 Å². The van der Waals surface area contributed by atoms with Crippen LogP contribution in [-0.2, 0) is 6.18 Å². The van der Waals surface area contributed by atoms with Gasteiger partial charge in [0.15, 0.2) is 5.69 Å². The maximum Gasteiger partial charge on any atom is 0.417 e. The highest BCUT2D eigenvalue weighted by Crippen LogP contribution is 2.29. The van der Waals surface area contributed by atoms with E-state index < -0.39 is 34.7 Å². The summed E-state index contributed by atoms with van der Waals surface area (Å²) < 4.78 is 52.5. The Morgan fingerprint density at radius 3 is 2.52 bits per heavy atom. The minimum atomic E-state index is -4.69. The molecule has 27 heavy (non-hydrogen) atoms. The SMILES string of the molecule is Cc1c(C(=O)Nc2cc(C(F)(F)F)c[nH]c2=O)nnn1-c1ccc(F)cc1. The second-order valence-corrected chi connectivity index (χ2v) is 5.49. The number of carbonyl (C=O) groups is 1. The van der Waals surface area contributed by atoms with Gasteiger partial charge in [0.1, 0.15) is 11.5 Å². The molecule has 0 fully saturated rings. The molecule has 2 heterocycles. The van der Waals surface area contributed by atoms with Crippen molar-refractivity contribution in [3.05, 3.63) is 69.7 Å². The van der Waals surface area contributed by atoms with E-state index in [-0.39, 0.29) is 11.4 Å². The molecule has 0 aliphatic carbocycles. The Kier molecular flexibility index (Phi) is 4.52. The van der Waals surface area contributed by atoms with Gasteiger partial charge in [-0.25, -0.2) is 9.07 Å². The number of nitrogens with zero attached hydrogens (tertiary/aromatic N) is 3. The van der Waals surface area contributed by atoms with Gasteiger partial charge in [0.2, 0.25) is 0 Å². The molecule has 0 bridgehead atoms. The summed E-state index contributed by atoms with van der Waals surface area (Å²) in [6.07, 6.45) is -4.18. The number of benzene rings is 1. The highest BCUT2D eigenvalue weighted by atomic mass is 19.4. The molecular formula is C16H11F4N5O2. The van der Waals surface area contributed by atoms with Gasteiger partial charge in [0, 0.05) is 6.20 Å². The molecule has 1 aromatic carbocycles. The lowest BCUT2D eigenvalue weighted by Crippen LogP contribution is -2.22. The average Bonchev–Trinajstić information content (AvgIpc) is 2.98. The molecule has 0 aliphatic rings. The molecule has 0 aliphatic heterocycles. The number of rotatable bonds is 3. The quantitative estimate of drug-likeness (QED) is 0.683. The number of nitrogens with one attached hydrogen (secondary N) is 2. The van der Waals surface area contributed by atoms with Crippen LogP contribution in [0.2, 0.25) is 0 Å². The predicted octanol–water partition coefficient (Wildman–Crippen LogP) is 2.67. The lowest BCUT2D eigenvalue weighted by Gasteiger charge is -2.08. The van der Waals surface area contributed by atoms with Crippen molar-refractivity contribution in [1.82, 2.24) is 20.0 Å². The van der Waals surface area contributed by atoms with Crippen LogP contribution in [0.15, 0.2) is 41.3 Å². The van der Waals surface area contributed by atoms with E-state index in [9.17, 15) is 27.2 Å². The lowest BCUT2D eigenvalue weighted by molar-refractivity contribution is -0.137. The largest absolute Gasteiger partial charge is 0.417 e. The Morgan fingerprint density at radius 1 is 1.22 bits per heavy atom. The third-order valence-corrected chi connectivity index (χ3v) is 3.66. The van der Waals surface area contributed by atoms with Gasteiger partial charge >= 0.3 is 6.18 Å². The van der Waals surface area contributed by atoms with Gasteiger partial charge in [-0.15, -0.1) is 5.10 Å². The molecule has 0 saturated carbocycles. The number of pyridine rings is 1. The van der Waals surface area contributed by atoms with Crippen molar-refractivity contribution in [2.75, 3.05) is 5.32 Å². The molecule has 0 saturated heterocycles. The topological polar surface area (TPSA) is 92.7 Å². The van der Waals surface area contributed by atoms with Crippen molar-refractivity contribution in [2.24, 2.45) is 0 Å². The van der Waals surface area contributed by atoms with E-state index in [1.165, 1.54) is 35.9 Å². The third-order valence-electron chi connectivity index (χ3n) is 3.66. The van der Waals surface area contributed by atoms with Gasteiger partial charge in [-0.1, -0.05) is 5.21 Å². The van der Waals surface area contributed by atoms with Crippen LogP contribution in [0.4, 0.5) is 23.2 Å². The van der Waals surface area contributed by atoms with Crippen LogP contribution in [0.25, 0.3) is 5.69 Å². The van der Waals surface area contributed by atoms with Gasteiger partial charge in [0.05, 0.1) is 16.9 Å². The van der Waals surface area contributed by atoms with E-state index in [1.54, 1.807) is 0 Å². The molecule has 0 unspecified atom stereocenters. The van der Waals surface area contributed by atoms with E-state index in [2.05, 4.69) is 15.6 Å². The first-order valence-corrected chi connectivity index (χ1v) is 7.46. The van der Waals surface area contributed by atoms with Crippen molar-refractivity contribution in [3.8, 4) is 5.69 Å². The highest BCUT2D eigenvalue weighted by Gasteiger charge is 2.31. The molecule has 7 nitrogen and oxygen atoms in total. The molecule has 0 atom stereocenters. The molecular weight excluding hydrogens is 370 g/mol. The molecule has 3 rings (SSSR count). The summed E-state index contributed by atoms with van der Waals surface area (Å²) in [6, 6.07) is 5.74.